The van der Waals surface area contributed by atoms with Crippen molar-refractivity contribution in [2.24, 2.45) is 0 Å². The van der Waals surface area contributed by atoms with E-state index in [0.29, 0.717) is 12.3 Å². The molecule has 1 aromatic heterocycles. The molecular formula is C18H23BrN4O4S. The zero-order valence-corrected chi connectivity index (χ0v) is 18.0. The summed E-state index contributed by atoms with van der Waals surface area (Å²) in [6.45, 7) is 4.16. The Kier molecular flexibility index (Phi) is 6.86. The number of halogens is 1. The number of rotatable bonds is 8. The molecule has 1 aliphatic heterocycles. The summed E-state index contributed by atoms with van der Waals surface area (Å²) in [5.41, 5.74) is 0. The fraction of sp³-hybridized carbons (Fsp3) is 0.444. The van der Waals surface area contributed by atoms with Crippen molar-refractivity contribution in [1.82, 2.24) is 14.4 Å². The van der Waals surface area contributed by atoms with E-state index >= 15 is 0 Å². The van der Waals surface area contributed by atoms with Crippen LogP contribution in [0.1, 0.15) is 18.6 Å². The van der Waals surface area contributed by atoms with Gasteiger partial charge in [-0.2, -0.15) is 4.31 Å². The third-order valence-electron chi connectivity index (χ3n) is 4.53. The van der Waals surface area contributed by atoms with Gasteiger partial charge in [-0.25, -0.2) is 8.42 Å². The summed E-state index contributed by atoms with van der Waals surface area (Å²) in [5, 5.41) is 6.30. The lowest BCUT2D eigenvalue weighted by Gasteiger charge is -2.24. The van der Waals surface area contributed by atoms with Gasteiger partial charge in [0.1, 0.15) is 5.76 Å². The number of hydrogen-bond acceptors (Lipinski definition) is 6. The van der Waals surface area contributed by atoms with Crippen LogP contribution in [-0.2, 0) is 14.8 Å². The predicted molar refractivity (Wildman–Crippen MR) is 108 cm³/mol. The Morgan fingerprint density at radius 3 is 2.57 bits per heavy atom. The minimum atomic E-state index is -3.81. The van der Waals surface area contributed by atoms with Crippen LogP contribution in [0.3, 0.4) is 0 Å². The van der Waals surface area contributed by atoms with Crippen LogP contribution in [0.4, 0.5) is 5.82 Å². The van der Waals surface area contributed by atoms with Gasteiger partial charge < -0.3 is 14.7 Å². The molecule has 10 heteroatoms. The largest absolute Gasteiger partial charge is 0.360 e. The van der Waals surface area contributed by atoms with Gasteiger partial charge in [-0.1, -0.05) is 21.1 Å². The highest BCUT2D eigenvalue weighted by atomic mass is 79.9. The number of aryl methyl sites for hydroxylation is 1. The van der Waals surface area contributed by atoms with Crippen molar-refractivity contribution in [2.75, 3.05) is 38.0 Å². The van der Waals surface area contributed by atoms with Crippen LogP contribution in [0.25, 0.3) is 0 Å². The number of anilines is 1. The van der Waals surface area contributed by atoms with Crippen molar-refractivity contribution < 1.29 is 17.7 Å². The van der Waals surface area contributed by atoms with Crippen LogP contribution >= 0.6 is 15.9 Å². The van der Waals surface area contributed by atoms with Crippen LogP contribution in [-0.4, -0.2) is 61.4 Å². The topological polar surface area (TPSA) is 95.8 Å². The number of likely N-dealkylation sites (tertiary alicyclic amines) is 1. The van der Waals surface area contributed by atoms with Crippen molar-refractivity contribution in [1.29, 1.82) is 0 Å². The van der Waals surface area contributed by atoms with Gasteiger partial charge in [0.15, 0.2) is 5.82 Å². The van der Waals surface area contributed by atoms with Gasteiger partial charge in [0, 0.05) is 23.6 Å². The van der Waals surface area contributed by atoms with Crippen LogP contribution in [0, 0.1) is 6.92 Å². The molecule has 2 heterocycles. The van der Waals surface area contributed by atoms with E-state index in [4.69, 9.17) is 4.52 Å². The summed E-state index contributed by atoms with van der Waals surface area (Å²) in [5.74, 6) is 0.363. The fourth-order valence-electron chi connectivity index (χ4n) is 3.07. The maximum absolute atomic E-state index is 13.1. The van der Waals surface area contributed by atoms with Gasteiger partial charge in [-0.15, -0.1) is 0 Å². The molecule has 0 radical (unpaired) electrons. The molecule has 152 valence electrons. The second-order valence-electron chi connectivity index (χ2n) is 6.71. The third kappa shape index (κ3) is 5.40. The first-order valence-electron chi connectivity index (χ1n) is 9.06. The molecule has 2 aromatic rings. The van der Waals surface area contributed by atoms with E-state index in [2.05, 4.69) is 31.3 Å². The lowest BCUT2D eigenvalue weighted by atomic mass is 10.4. The molecule has 1 aliphatic rings. The standard InChI is InChI=1S/C18H23BrN4O4S/c1-14-12-17(21-27-14)20-18(24)13-23(11-10-22-8-2-3-9-22)28(25,26)16-6-4-15(19)5-7-16/h4-7,12H,2-3,8-11,13H2,1H3,(H,20,21,24). The van der Waals surface area contributed by atoms with Crippen molar-refractivity contribution >= 4 is 37.7 Å². The van der Waals surface area contributed by atoms with E-state index in [1.807, 2.05) is 0 Å². The average molecular weight is 471 g/mol. The molecular weight excluding hydrogens is 448 g/mol. The third-order valence-corrected chi connectivity index (χ3v) is 6.92. The first kappa shape index (κ1) is 21.0. The van der Waals surface area contributed by atoms with Crippen LogP contribution in [0.5, 0.6) is 0 Å². The summed E-state index contributed by atoms with van der Waals surface area (Å²) in [6, 6.07) is 7.98. The molecule has 1 saturated heterocycles. The molecule has 0 aliphatic carbocycles. The van der Waals surface area contributed by atoms with Crippen molar-refractivity contribution in [3.8, 4) is 0 Å². The number of carbonyl (C=O) groups is 1. The van der Waals surface area contributed by atoms with E-state index in [0.717, 1.165) is 30.4 Å². The van der Waals surface area contributed by atoms with Gasteiger partial charge in [0.25, 0.3) is 0 Å². The molecule has 28 heavy (non-hydrogen) atoms. The average Bonchev–Trinajstić information content (AvgIpc) is 3.30. The van der Waals surface area contributed by atoms with Crippen LogP contribution in [0.2, 0.25) is 0 Å². The number of aromatic nitrogens is 1. The molecule has 1 fully saturated rings. The SMILES string of the molecule is Cc1cc(NC(=O)CN(CCN2CCCC2)S(=O)(=O)c2ccc(Br)cc2)no1. The monoisotopic (exact) mass is 470 g/mol. The Hall–Kier alpha value is -1.75. The van der Waals surface area contributed by atoms with Gasteiger partial charge in [0.05, 0.1) is 11.4 Å². The maximum Gasteiger partial charge on any atom is 0.243 e. The molecule has 0 unspecified atom stereocenters. The lowest BCUT2D eigenvalue weighted by molar-refractivity contribution is -0.116. The zero-order chi connectivity index (χ0) is 20.1. The summed E-state index contributed by atoms with van der Waals surface area (Å²) in [6.07, 6.45) is 2.23. The quantitative estimate of drug-likeness (QED) is 0.636. The Morgan fingerprint density at radius 2 is 1.96 bits per heavy atom. The van der Waals surface area contributed by atoms with E-state index in [9.17, 15) is 13.2 Å². The number of amides is 1. The smallest absolute Gasteiger partial charge is 0.243 e. The number of hydrogen-bond donors (Lipinski definition) is 1. The Balaban J connectivity index is 1.74. The number of nitrogens with one attached hydrogen (secondary N) is 1. The first-order chi connectivity index (χ1) is 13.3. The number of nitrogens with zero attached hydrogens (tertiary/aromatic N) is 3. The normalized spacial score (nSPS) is 15.2. The fourth-order valence-corrected chi connectivity index (χ4v) is 4.72. The molecule has 0 saturated carbocycles. The van der Waals surface area contributed by atoms with Crippen LogP contribution in [0.15, 0.2) is 44.2 Å². The highest BCUT2D eigenvalue weighted by Crippen LogP contribution is 2.19. The predicted octanol–water partition coefficient (Wildman–Crippen LogP) is 2.47. The van der Waals surface area contributed by atoms with E-state index in [1.165, 1.54) is 16.4 Å². The molecule has 3 rings (SSSR count). The van der Waals surface area contributed by atoms with E-state index in [1.54, 1.807) is 25.1 Å². The van der Waals surface area contributed by atoms with Crippen molar-refractivity contribution in [3.63, 3.8) is 0 Å². The van der Waals surface area contributed by atoms with E-state index < -0.39 is 15.9 Å². The molecule has 1 N–H and O–H groups in total. The lowest BCUT2D eigenvalue weighted by Crippen LogP contribution is -2.42. The van der Waals surface area contributed by atoms with Gasteiger partial charge in [-0.3, -0.25) is 4.79 Å². The summed E-state index contributed by atoms with van der Waals surface area (Å²) in [7, 11) is -3.81. The summed E-state index contributed by atoms with van der Waals surface area (Å²) in [4.78, 5) is 14.8. The summed E-state index contributed by atoms with van der Waals surface area (Å²) < 4.78 is 33.2. The molecule has 0 spiro atoms. The Bertz CT molecular complexity index is 908. The van der Waals surface area contributed by atoms with Crippen LogP contribution < -0.4 is 5.32 Å². The highest BCUT2D eigenvalue weighted by molar-refractivity contribution is 9.10. The molecule has 8 nitrogen and oxygen atoms in total. The zero-order valence-electron chi connectivity index (χ0n) is 15.6. The van der Waals surface area contributed by atoms with Gasteiger partial charge >= 0.3 is 0 Å². The minimum absolute atomic E-state index is 0.155. The molecule has 1 amide bonds. The second kappa shape index (κ2) is 9.17. The summed E-state index contributed by atoms with van der Waals surface area (Å²) >= 11 is 3.31. The first-order valence-corrected chi connectivity index (χ1v) is 11.3. The molecule has 0 atom stereocenters. The molecule has 0 bridgehead atoms. The number of benzene rings is 1. The van der Waals surface area contributed by atoms with Gasteiger partial charge in [0.2, 0.25) is 15.9 Å². The van der Waals surface area contributed by atoms with Crippen molar-refractivity contribution in [2.45, 2.75) is 24.7 Å². The Labute approximate surface area is 173 Å². The van der Waals surface area contributed by atoms with Crippen molar-refractivity contribution in [3.05, 3.63) is 40.6 Å². The Morgan fingerprint density at radius 1 is 1.29 bits per heavy atom. The highest BCUT2D eigenvalue weighted by Gasteiger charge is 2.28. The van der Waals surface area contributed by atoms with Gasteiger partial charge in [-0.05, 0) is 57.1 Å². The van der Waals surface area contributed by atoms with E-state index in [-0.39, 0.29) is 23.8 Å². The number of sulfonamides is 1. The minimum Gasteiger partial charge on any atom is -0.360 e. The maximum atomic E-state index is 13.1. The molecule has 1 aromatic carbocycles. The number of carbonyl (C=O) groups excluding carboxylic acids is 1. The second-order valence-corrected chi connectivity index (χ2v) is 9.57.